The lowest BCUT2D eigenvalue weighted by molar-refractivity contribution is 0.628. The maximum Gasteiger partial charge on any atom is 0.142 e. The molecule has 28 heavy (non-hydrogen) atoms. The van der Waals surface area contributed by atoms with Crippen molar-refractivity contribution in [1.82, 2.24) is 9.97 Å². The number of anilines is 1. The van der Waals surface area contributed by atoms with Crippen LogP contribution in [0.1, 0.15) is 21.8 Å². The van der Waals surface area contributed by atoms with Crippen LogP contribution in [0.4, 0.5) is 10.2 Å². The van der Waals surface area contributed by atoms with Crippen molar-refractivity contribution >= 4 is 27.4 Å². The fourth-order valence-electron chi connectivity index (χ4n) is 4.07. The number of benzene rings is 2. The van der Waals surface area contributed by atoms with Crippen molar-refractivity contribution in [3.05, 3.63) is 76.2 Å². The summed E-state index contributed by atoms with van der Waals surface area (Å²) < 4.78 is 13.5. The molecule has 0 fully saturated rings. The monoisotopic (exact) mass is 389 g/mol. The van der Waals surface area contributed by atoms with Gasteiger partial charge in [-0.15, -0.1) is 11.3 Å². The smallest absolute Gasteiger partial charge is 0.142 e. The zero-order valence-corrected chi connectivity index (χ0v) is 16.7. The van der Waals surface area contributed by atoms with Crippen molar-refractivity contribution in [2.75, 3.05) is 11.4 Å². The third-order valence-electron chi connectivity index (χ3n) is 5.38. The van der Waals surface area contributed by atoms with E-state index in [-0.39, 0.29) is 5.82 Å². The van der Waals surface area contributed by atoms with Crippen LogP contribution in [0.2, 0.25) is 0 Å². The highest BCUT2D eigenvalue weighted by Gasteiger charge is 2.24. The first kappa shape index (κ1) is 17.3. The number of rotatable bonds is 2. The lowest BCUT2D eigenvalue weighted by Crippen LogP contribution is -2.31. The van der Waals surface area contributed by atoms with Gasteiger partial charge in [0.2, 0.25) is 0 Å². The topological polar surface area (TPSA) is 29.0 Å². The number of hydrogen-bond acceptors (Lipinski definition) is 4. The summed E-state index contributed by atoms with van der Waals surface area (Å²) in [5.74, 6) is 1.55. The van der Waals surface area contributed by atoms with E-state index in [0.29, 0.717) is 0 Å². The lowest BCUT2D eigenvalue weighted by atomic mass is 9.99. The first-order valence-electron chi connectivity index (χ1n) is 9.45. The Bertz CT molecular complexity index is 1180. The molecule has 3 heterocycles. The Morgan fingerprint density at radius 3 is 2.50 bits per heavy atom. The molecule has 0 spiro atoms. The van der Waals surface area contributed by atoms with E-state index in [2.05, 4.69) is 36.1 Å². The highest BCUT2D eigenvalue weighted by molar-refractivity contribution is 7.19. The van der Waals surface area contributed by atoms with Gasteiger partial charge in [0.25, 0.3) is 0 Å². The first-order chi connectivity index (χ1) is 13.6. The quantitative estimate of drug-likeness (QED) is 0.442. The van der Waals surface area contributed by atoms with Gasteiger partial charge >= 0.3 is 0 Å². The summed E-state index contributed by atoms with van der Waals surface area (Å²) in [6, 6.07) is 15.4. The fourth-order valence-corrected chi connectivity index (χ4v) is 5.15. The van der Waals surface area contributed by atoms with Crippen molar-refractivity contribution < 1.29 is 4.39 Å². The van der Waals surface area contributed by atoms with Gasteiger partial charge in [-0.25, -0.2) is 14.4 Å². The zero-order valence-electron chi connectivity index (χ0n) is 15.9. The predicted molar refractivity (Wildman–Crippen MR) is 113 cm³/mol. The minimum absolute atomic E-state index is 0.221. The number of thiophene rings is 1. The van der Waals surface area contributed by atoms with Crippen molar-refractivity contribution in [2.45, 2.75) is 26.8 Å². The van der Waals surface area contributed by atoms with E-state index >= 15 is 0 Å². The molecule has 0 amide bonds. The Kier molecular flexibility index (Phi) is 4.13. The number of hydrogen-bond donors (Lipinski definition) is 0. The molecule has 0 radical (unpaired) electrons. The van der Waals surface area contributed by atoms with Crippen LogP contribution in [0.3, 0.4) is 0 Å². The molecule has 0 aliphatic carbocycles. The number of aromatic nitrogens is 2. The summed E-state index contributed by atoms with van der Waals surface area (Å²) >= 11 is 1.68. The normalized spacial score (nSPS) is 13.8. The standard InChI is InChI=1S/C23H20FN3S/c1-14-20(17-7-9-19(24)10-8-17)21-22(25-15(2)26-23(21)28-14)27-12-11-16-5-3-4-6-18(16)13-27/h3-10H,11-13H2,1-2H3. The summed E-state index contributed by atoms with van der Waals surface area (Å²) in [7, 11) is 0. The molecule has 3 nitrogen and oxygen atoms in total. The third-order valence-corrected chi connectivity index (χ3v) is 6.38. The van der Waals surface area contributed by atoms with Gasteiger partial charge in [0, 0.05) is 23.5 Å². The highest BCUT2D eigenvalue weighted by Crippen LogP contribution is 2.42. The van der Waals surface area contributed by atoms with E-state index in [1.807, 2.05) is 19.1 Å². The zero-order chi connectivity index (χ0) is 19.3. The lowest BCUT2D eigenvalue weighted by Gasteiger charge is -2.30. The Morgan fingerprint density at radius 1 is 0.964 bits per heavy atom. The largest absolute Gasteiger partial charge is 0.351 e. The Balaban J connectivity index is 1.70. The Morgan fingerprint density at radius 2 is 1.71 bits per heavy atom. The summed E-state index contributed by atoms with van der Waals surface area (Å²) in [6.07, 6.45) is 1.01. The van der Waals surface area contributed by atoms with Crippen LogP contribution in [0.15, 0.2) is 48.5 Å². The summed E-state index contributed by atoms with van der Waals surface area (Å²) in [5.41, 5.74) is 4.90. The van der Waals surface area contributed by atoms with Crippen molar-refractivity contribution in [3.63, 3.8) is 0 Å². The van der Waals surface area contributed by atoms with Gasteiger partial charge in [-0.2, -0.15) is 0 Å². The highest BCUT2D eigenvalue weighted by atomic mass is 32.1. The molecule has 0 atom stereocenters. The molecular weight excluding hydrogens is 369 g/mol. The second kappa shape index (κ2) is 6.67. The summed E-state index contributed by atoms with van der Waals surface area (Å²) in [4.78, 5) is 14.1. The molecule has 140 valence electrons. The minimum atomic E-state index is -0.221. The van der Waals surface area contributed by atoms with Gasteiger partial charge < -0.3 is 4.90 Å². The SMILES string of the molecule is Cc1nc(N2CCc3ccccc3C2)c2c(-c3ccc(F)cc3)c(C)sc2n1. The van der Waals surface area contributed by atoms with Crippen LogP contribution >= 0.6 is 11.3 Å². The molecule has 1 aliphatic heterocycles. The second-order valence-corrected chi connectivity index (χ2v) is 8.46. The average molecular weight is 389 g/mol. The van der Waals surface area contributed by atoms with Gasteiger partial charge in [0.1, 0.15) is 22.3 Å². The van der Waals surface area contributed by atoms with E-state index in [9.17, 15) is 4.39 Å². The molecule has 4 aromatic rings. The molecule has 0 bridgehead atoms. The Labute approximate surface area is 167 Å². The average Bonchev–Trinajstić information content (AvgIpc) is 3.03. The molecule has 0 N–H and O–H groups in total. The van der Waals surface area contributed by atoms with Gasteiger partial charge in [0.05, 0.1) is 5.39 Å². The predicted octanol–water partition coefficient (Wildman–Crippen LogP) is 5.68. The van der Waals surface area contributed by atoms with Gasteiger partial charge in [0.15, 0.2) is 0 Å². The van der Waals surface area contributed by atoms with Crippen LogP contribution in [-0.2, 0) is 13.0 Å². The fraction of sp³-hybridized carbons (Fsp3) is 0.217. The maximum absolute atomic E-state index is 13.5. The first-order valence-corrected chi connectivity index (χ1v) is 10.3. The van der Waals surface area contributed by atoms with Crippen LogP contribution in [0.25, 0.3) is 21.3 Å². The molecule has 5 rings (SSSR count). The molecule has 0 saturated heterocycles. The van der Waals surface area contributed by atoms with Crippen LogP contribution in [0, 0.1) is 19.7 Å². The van der Waals surface area contributed by atoms with E-state index in [1.165, 1.54) is 28.1 Å². The number of halogens is 1. The number of aryl methyl sites for hydroxylation is 2. The van der Waals surface area contributed by atoms with Crippen molar-refractivity contribution in [2.24, 2.45) is 0 Å². The van der Waals surface area contributed by atoms with Crippen LogP contribution in [-0.4, -0.2) is 16.5 Å². The maximum atomic E-state index is 13.5. The van der Waals surface area contributed by atoms with Gasteiger partial charge in [-0.3, -0.25) is 0 Å². The van der Waals surface area contributed by atoms with E-state index in [0.717, 1.165) is 52.5 Å². The van der Waals surface area contributed by atoms with Gasteiger partial charge in [-0.1, -0.05) is 36.4 Å². The molecular formula is C23H20FN3S. The molecule has 0 saturated carbocycles. The summed E-state index contributed by atoms with van der Waals surface area (Å²) in [6.45, 7) is 5.84. The van der Waals surface area contributed by atoms with Crippen LogP contribution in [0.5, 0.6) is 0 Å². The number of fused-ring (bicyclic) bond motifs is 2. The van der Waals surface area contributed by atoms with Crippen LogP contribution < -0.4 is 4.90 Å². The Hall–Kier alpha value is -2.79. The molecule has 1 aliphatic rings. The minimum Gasteiger partial charge on any atom is -0.351 e. The number of nitrogens with zero attached hydrogens (tertiary/aromatic N) is 3. The molecule has 5 heteroatoms. The molecule has 2 aromatic heterocycles. The molecule has 0 unspecified atom stereocenters. The van der Waals surface area contributed by atoms with Crippen molar-refractivity contribution in [1.29, 1.82) is 0 Å². The van der Waals surface area contributed by atoms with E-state index in [4.69, 9.17) is 9.97 Å². The third kappa shape index (κ3) is 2.87. The second-order valence-electron chi connectivity index (χ2n) is 7.25. The van der Waals surface area contributed by atoms with E-state index < -0.39 is 0 Å². The molecule has 2 aromatic carbocycles. The van der Waals surface area contributed by atoms with Gasteiger partial charge in [-0.05, 0) is 49.1 Å². The van der Waals surface area contributed by atoms with Crippen molar-refractivity contribution in [3.8, 4) is 11.1 Å². The summed E-state index contributed by atoms with van der Waals surface area (Å²) in [5, 5.41) is 1.08. The van der Waals surface area contributed by atoms with E-state index in [1.54, 1.807) is 11.3 Å².